The number of carboxylic acids is 1. The van der Waals surface area contributed by atoms with E-state index in [0.717, 1.165) is 20.9 Å². The summed E-state index contributed by atoms with van der Waals surface area (Å²) in [6.45, 7) is 0.377. The maximum atomic E-state index is 10.7. The molecule has 0 spiro atoms. The molecule has 3 rings (SSSR count). The molecule has 0 radical (unpaired) electrons. The number of fused-ring (bicyclic) bond motifs is 1. The van der Waals surface area contributed by atoms with Gasteiger partial charge in [0.1, 0.15) is 0 Å². The van der Waals surface area contributed by atoms with Crippen molar-refractivity contribution in [1.82, 2.24) is 5.16 Å². The van der Waals surface area contributed by atoms with E-state index in [4.69, 9.17) is 9.63 Å². The first-order valence-electron chi connectivity index (χ1n) is 6.24. The van der Waals surface area contributed by atoms with E-state index in [1.165, 1.54) is 6.07 Å². The van der Waals surface area contributed by atoms with Crippen molar-refractivity contribution in [1.29, 1.82) is 0 Å². The van der Waals surface area contributed by atoms with Crippen molar-refractivity contribution < 1.29 is 14.4 Å². The molecule has 0 unspecified atom stereocenters. The number of hydrogen-bond donors (Lipinski definition) is 2. The van der Waals surface area contributed by atoms with Gasteiger partial charge in [0, 0.05) is 16.2 Å². The molecule has 2 aromatic carbocycles. The smallest absolute Gasteiger partial charge is 0.358 e. The van der Waals surface area contributed by atoms with E-state index < -0.39 is 5.97 Å². The Morgan fingerprint density at radius 3 is 2.71 bits per heavy atom. The second-order valence-corrected chi connectivity index (χ2v) is 5.46. The zero-order chi connectivity index (χ0) is 14.8. The van der Waals surface area contributed by atoms with Crippen molar-refractivity contribution in [3.05, 3.63) is 58.4 Å². The van der Waals surface area contributed by atoms with Gasteiger partial charge in [-0.05, 0) is 35.0 Å². The summed E-state index contributed by atoms with van der Waals surface area (Å²) in [6.07, 6.45) is 0. The van der Waals surface area contributed by atoms with E-state index in [-0.39, 0.29) is 5.69 Å². The van der Waals surface area contributed by atoms with Gasteiger partial charge in [-0.2, -0.15) is 0 Å². The number of carboxylic acid groups (broad SMARTS) is 1. The van der Waals surface area contributed by atoms with Gasteiger partial charge in [0.25, 0.3) is 0 Å². The average Bonchev–Trinajstić information content (AvgIpc) is 2.94. The Morgan fingerprint density at radius 1 is 1.19 bits per heavy atom. The summed E-state index contributed by atoms with van der Waals surface area (Å²) in [6, 6.07) is 13.5. The molecule has 0 aliphatic heterocycles. The third kappa shape index (κ3) is 3.05. The molecule has 1 heterocycles. The highest BCUT2D eigenvalue weighted by Gasteiger charge is 2.10. The molecule has 0 aliphatic carbocycles. The van der Waals surface area contributed by atoms with E-state index in [1.807, 2.05) is 30.3 Å². The molecule has 3 aromatic rings. The fourth-order valence-corrected chi connectivity index (χ4v) is 2.39. The van der Waals surface area contributed by atoms with Gasteiger partial charge in [0.15, 0.2) is 11.5 Å². The number of nitrogens with one attached hydrogen (secondary N) is 1. The van der Waals surface area contributed by atoms with Gasteiger partial charge in [0.2, 0.25) is 0 Å². The van der Waals surface area contributed by atoms with Gasteiger partial charge in [-0.25, -0.2) is 4.79 Å². The lowest BCUT2D eigenvalue weighted by molar-refractivity contribution is 0.0685. The summed E-state index contributed by atoms with van der Waals surface area (Å²) in [5.41, 5.74) is 0.841. The Balaban J connectivity index is 1.75. The van der Waals surface area contributed by atoms with Crippen LogP contribution in [-0.2, 0) is 6.54 Å². The number of benzene rings is 2. The predicted molar refractivity (Wildman–Crippen MR) is 82.4 cm³/mol. The highest BCUT2D eigenvalue weighted by atomic mass is 79.9. The van der Waals surface area contributed by atoms with Gasteiger partial charge in [0.05, 0.1) is 6.54 Å². The summed E-state index contributed by atoms with van der Waals surface area (Å²) >= 11 is 3.44. The fraction of sp³-hybridized carbons (Fsp3) is 0.0667. The monoisotopic (exact) mass is 346 g/mol. The Kier molecular flexibility index (Phi) is 3.62. The molecule has 0 atom stereocenters. The van der Waals surface area contributed by atoms with Crippen LogP contribution in [0, 0.1) is 0 Å². The summed E-state index contributed by atoms with van der Waals surface area (Å²) in [4.78, 5) is 10.7. The molecule has 0 saturated carbocycles. The first-order chi connectivity index (χ1) is 10.1. The number of carbonyl (C=O) groups is 1. The largest absolute Gasteiger partial charge is 0.476 e. The molecule has 0 saturated heterocycles. The topological polar surface area (TPSA) is 75.4 Å². The molecule has 6 heteroatoms. The van der Waals surface area contributed by atoms with Crippen LogP contribution >= 0.6 is 15.9 Å². The quantitative estimate of drug-likeness (QED) is 0.749. The number of aromatic carboxylic acids is 1. The fourth-order valence-electron chi connectivity index (χ4n) is 2.01. The number of nitrogens with zero attached hydrogens (tertiary/aromatic N) is 1. The minimum atomic E-state index is -1.10. The molecule has 0 fully saturated rings. The van der Waals surface area contributed by atoms with Crippen molar-refractivity contribution in [3.63, 3.8) is 0 Å². The summed E-state index contributed by atoms with van der Waals surface area (Å²) in [5, 5.41) is 17.7. The van der Waals surface area contributed by atoms with Crippen molar-refractivity contribution in [2.24, 2.45) is 0 Å². The van der Waals surface area contributed by atoms with Gasteiger partial charge in [-0.1, -0.05) is 33.2 Å². The van der Waals surface area contributed by atoms with Crippen molar-refractivity contribution in [2.75, 3.05) is 5.32 Å². The van der Waals surface area contributed by atoms with Crippen molar-refractivity contribution in [3.8, 4) is 0 Å². The SMILES string of the molecule is O=C(O)c1cc(CNc2ccc3cc(Br)ccc3c2)on1. The van der Waals surface area contributed by atoms with Crippen molar-refractivity contribution in [2.45, 2.75) is 6.54 Å². The third-order valence-electron chi connectivity index (χ3n) is 3.05. The molecule has 5 nitrogen and oxygen atoms in total. The van der Waals surface area contributed by atoms with E-state index >= 15 is 0 Å². The minimum Gasteiger partial charge on any atom is -0.476 e. The van der Waals surface area contributed by atoms with Crippen LogP contribution in [0.15, 0.2) is 51.5 Å². The second-order valence-electron chi connectivity index (χ2n) is 4.54. The number of aromatic nitrogens is 1. The van der Waals surface area contributed by atoms with Crippen LogP contribution < -0.4 is 5.32 Å². The molecular formula is C15H11BrN2O3. The number of halogens is 1. The lowest BCUT2D eigenvalue weighted by atomic mass is 10.1. The van der Waals surface area contributed by atoms with Crippen molar-refractivity contribution >= 4 is 38.4 Å². The van der Waals surface area contributed by atoms with E-state index in [2.05, 4.69) is 32.5 Å². The lowest BCUT2D eigenvalue weighted by Crippen LogP contribution is -1.98. The number of hydrogen-bond acceptors (Lipinski definition) is 4. The Bertz CT molecular complexity index is 814. The second kappa shape index (κ2) is 5.57. The zero-order valence-corrected chi connectivity index (χ0v) is 12.4. The molecule has 0 aliphatic rings. The molecule has 21 heavy (non-hydrogen) atoms. The van der Waals surface area contributed by atoms with Crippen LogP contribution in [-0.4, -0.2) is 16.2 Å². The van der Waals surface area contributed by atoms with Crippen LogP contribution in [0.4, 0.5) is 5.69 Å². The minimum absolute atomic E-state index is 0.0878. The van der Waals surface area contributed by atoms with Crippen LogP contribution in [0.25, 0.3) is 10.8 Å². The van der Waals surface area contributed by atoms with Gasteiger partial charge < -0.3 is 14.9 Å². The van der Waals surface area contributed by atoms with Gasteiger partial charge in [-0.3, -0.25) is 0 Å². The van der Waals surface area contributed by atoms with E-state index in [0.29, 0.717) is 12.3 Å². The third-order valence-corrected chi connectivity index (χ3v) is 3.54. The highest BCUT2D eigenvalue weighted by Crippen LogP contribution is 2.23. The summed E-state index contributed by atoms with van der Waals surface area (Å²) in [7, 11) is 0. The van der Waals surface area contributed by atoms with Crippen LogP contribution in [0.1, 0.15) is 16.2 Å². The zero-order valence-electron chi connectivity index (χ0n) is 10.8. The van der Waals surface area contributed by atoms with Crippen LogP contribution in [0.5, 0.6) is 0 Å². The van der Waals surface area contributed by atoms with Crippen LogP contribution in [0.2, 0.25) is 0 Å². The molecule has 2 N–H and O–H groups in total. The van der Waals surface area contributed by atoms with E-state index in [9.17, 15) is 4.79 Å². The molecule has 0 bridgehead atoms. The highest BCUT2D eigenvalue weighted by molar-refractivity contribution is 9.10. The van der Waals surface area contributed by atoms with E-state index in [1.54, 1.807) is 0 Å². The van der Waals surface area contributed by atoms with Gasteiger partial charge >= 0.3 is 5.97 Å². The first-order valence-corrected chi connectivity index (χ1v) is 7.03. The number of rotatable bonds is 4. The summed E-state index contributed by atoms with van der Waals surface area (Å²) in [5.74, 6) is -0.621. The molecular weight excluding hydrogens is 336 g/mol. The summed E-state index contributed by atoms with van der Waals surface area (Å²) < 4.78 is 5.99. The Labute approximate surface area is 128 Å². The molecule has 106 valence electrons. The van der Waals surface area contributed by atoms with Gasteiger partial charge in [-0.15, -0.1) is 0 Å². The predicted octanol–water partition coefficient (Wildman–Crippen LogP) is 3.90. The lowest BCUT2D eigenvalue weighted by Gasteiger charge is -2.06. The molecule has 1 aromatic heterocycles. The Hall–Kier alpha value is -2.34. The van der Waals surface area contributed by atoms with Crippen LogP contribution in [0.3, 0.4) is 0 Å². The molecule has 0 amide bonds. The maximum Gasteiger partial charge on any atom is 0.358 e. The maximum absolute atomic E-state index is 10.7. The number of anilines is 1. The standard InChI is InChI=1S/C15H11BrN2O3/c16-11-3-1-10-6-12(4-2-9(10)5-11)17-8-13-7-14(15(19)20)18-21-13/h1-7,17H,8H2,(H,19,20). The normalized spacial score (nSPS) is 10.7. The Morgan fingerprint density at radius 2 is 1.95 bits per heavy atom. The first kappa shape index (κ1) is 13.6. The average molecular weight is 347 g/mol.